The molecule has 0 aliphatic carbocycles. The summed E-state index contributed by atoms with van der Waals surface area (Å²) in [5.74, 6) is 0.618. The summed E-state index contributed by atoms with van der Waals surface area (Å²) in [4.78, 5) is 0. The van der Waals surface area contributed by atoms with Gasteiger partial charge in [0.05, 0.1) is 12.3 Å². The third-order valence-electron chi connectivity index (χ3n) is 2.03. The van der Waals surface area contributed by atoms with E-state index in [9.17, 15) is 0 Å². The van der Waals surface area contributed by atoms with Crippen LogP contribution < -0.4 is 10.5 Å². The lowest BCUT2D eigenvalue weighted by Crippen LogP contribution is -2.10. The Kier molecular flexibility index (Phi) is 4.42. The molecule has 0 fully saturated rings. The molecule has 0 radical (unpaired) electrons. The molecule has 0 saturated carbocycles. The summed E-state index contributed by atoms with van der Waals surface area (Å²) in [6, 6.07) is 0. The van der Waals surface area contributed by atoms with Gasteiger partial charge in [-0.1, -0.05) is 6.92 Å². The van der Waals surface area contributed by atoms with E-state index >= 15 is 0 Å². The molecule has 2 N–H and O–H groups in total. The van der Waals surface area contributed by atoms with Crippen molar-refractivity contribution in [2.75, 3.05) is 25.6 Å². The summed E-state index contributed by atoms with van der Waals surface area (Å²) in [7, 11) is 1.81. The van der Waals surface area contributed by atoms with E-state index in [2.05, 4.69) is 12.0 Å². The highest BCUT2D eigenvalue weighted by atomic mass is 16.5. The number of hydrogen-bond donors (Lipinski definition) is 1. The highest BCUT2D eigenvalue weighted by Crippen LogP contribution is 2.23. The number of ether oxygens (including phenoxy) is 2. The summed E-state index contributed by atoms with van der Waals surface area (Å²) in [5, 5.41) is 4.15. The topological polar surface area (TPSA) is 62.3 Å². The Labute approximate surface area is 90.2 Å². The Bertz CT molecular complexity index is 310. The second kappa shape index (κ2) is 5.60. The average molecular weight is 213 g/mol. The van der Waals surface area contributed by atoms with Gasteiger partial charge >= 0.3 is 0 Å². The number of nitrogens with zero attached hydrogens (tertiary/aromatic N) is 2. The van der Waals surface area contributed by atoms with Crippen molar-refractivity contribution in [2.45, 2.75) is 20.3 Å². The number of anilines is 1. The van der Waals surface area contributed by atoms with Crippen molar-refractivity contribution in [2.24, 2.45) is 7.05 Å². The number of hydrogen-bond acceptors (Lipinski definition) is 4. The smallest absolute Gasteiger partial charge is 0.235 e. The molecule has 1 heterocycles. The number of aryl methyl sites for hydroxylation is 2. The predicted octanol–water partition coefficient (Wildman–Crippen LogP) is 1.12. The van der Waals surface area contributed by atoms with Crippen molar-refractivity contribution in [1.82, 2.24) is 9.78 Å². The molecule has 0 atom stereocenters. The maximum atomic E-state index is 5.80. The zero-order valence-corrected chi connectivity index (χ0v) is 9.62. The number of rotatable bonds is 6. The molecule has 1 aromatic heterocycles. The summed E-state index contributed by atoms with van der Waals surface area (Å²) >= 11 is 0. The molecule has 0 aromatic carbocycles. The maximum absolute atomic E-state index is 5.80. The highest BCUT2D eigenvalue weighted by Gasteiger charge is 2.10. The van der Waals surface area contributed by atoms with Crippen LogP contribution in [-0.4, -0.2) is 29.6 Å². The van der Waals surface area contributed by atoms with Crippen LogP contribution in [0, 0.1) is 6.92 Å². The molecular weight excluding hydrogens is 194 g/mol. The van der Waals surface area contributed by atoms with E-state index in [1.807, 2.05) is 14.0 Å². The summed E-state index contributed by atoms with van der Waals surface area (Å²) < 4.78 is 12.4. The van der Waals surface area contributed by atoms with Crippen molar-refractivity contribution in [3.63, 3.8) is 0 Å². The minimum Gasteiger partial charge on any atom is -0.474 e. The minimum atomic E-state index is 0.503. The molecule has 5 heteroatoms. The van der Waals surface area contributed by atoms with Crippen LogP contribution in [0.4, 0.5) is 5.69 Å². The van der Waals surface area contributed by atoms with E-state index in [4.69, 9.17) is 15.2 Å². The molecular formula is C10H19N3O2. The van der Waals surface area contributed by atoms with Crippen LogP contribution >= 0.6 is 0 Å². The molecule has 5 nitrogen and oxygen atoms in total. The SMILES string of the molecule is CCCOCCOc1c(N)c(C)nn1C. The van der Waals surface area contributed by atoms with Crippen LogP contribution in [0.5, 0.6) is 5.88 Å². The highest BCUT2D eigenvalue weighted by molar-refractivity contribution is 5.52. The first-order valence-electron chi connectivity index (χ1n) is 5.16. The number of aromatic nitrogens is 2. The number of nitrogens with two attached hydrogens (primary N) is 1. The van der Waals surface area contributed by atoms with E-state index in [0.717, 1.165) is 18.7 Å². The molecule has 0 saturated heterocycles. The second-order valence-corrected chi connectivity index (χ2v) is 3.39. The van der Waals surface area contributed by atoms with Gasteiger partial charge in [-0.05, 0) is 13.3 Å². The largest absolute Gasteiger partial charge is 0.474 e. The van der Waals surface area contributed by atoms with Gasteiger partial charge in [-0.3, -0.25) is 0 Å². The quantitative estimate of drug-likeness (QED) is 0.719. The molecule has 0 unspecified atom stereocenters. The molecule has 0 amide bonds. The third kappa shape index (κ3) is 3.13. The Balaban J connectivity index is 2.37. The molecule has 0 bridgehead atoms. The fourth-order valence-corrected chi connectivity index (χ4v) is 1.27. The molecule has 86 valence electrons. The fraction of sp³-hybridized carbons (Fsp3) is 0.700. The van der Waals surface area contributed by atoms with E-state index in [-0.39, 0.29) is 0 Å². The zero-order valence-electron chi connectivity index (χ0n) is 9.62. The molecule has 0 aliphatic heterocycles. The first-order chi connectivity index (χ1) is 7.16. The van der Waals surface area contributed by atoms with Crippen LogP contribution in [0.1, 0.15) is 19.0 Å². The normalized spacial score (nSPS) is 10.6. The second-order valence-electron chi connectivity index (χ2n) is 3.39. The Morgan fingerprint density at radius 2 is 2.07 bits per heavy atom. The van der Waals surface area contributed by atoms with Gasteiger partial charge in [0.1, 0.15) is 12.3 Å². The predicted molar refractivity (Wildman–Crippen MR) is 59.0 cm³/mol. The van der Waals surface area contributed by atoms with E-state index in [1.54, 1.807) is 4.68 Å². The van der Waals surface area contributed by atoms with Crippen molar-refractivity contribution in [1.29, 1.82) is 0 Å². The van der Waals surface area contributed by atoms with E-state index < -0.39 is 0 Å². The standard InChI is InChI=1S/C10H19N3O2/c1-4-5-14-6-7-15-10-9(11)8(2)12-13(10)3/h4-7,11H2,1-3H3. The first-order valence-corrected chi connectivity index (χ1v) is 5.16. The Hall–Kier alpha value is -1.23. The summed E-state index contributed by atoms with van der Waals surface area (Å²) in [6.45, 7) is 5.78. The lowest BCUT2D eigenvalue weighted by molar-refractivity contribution is 0.0977. The van der Waals surface area contributed by atoms with Crippen molar-refractivity contribution in [3.05, 3.63) is 5.69 Å². The molecule has 0 spiro atoms. The fourth-order valence-electron chi connectivity index (χ4n) is 1.27. The van der Waals surface area contributed by atoms with Crippen molar-refractivity contribution in [3.8, 4) is 5.88 Å². The summed E-state index contributed by atoms with van der Waals surface area (Å²) in [5.41, 5.74) is 7.19. The van der Waals surface area contributed by atoms with Gasteiger partial charge in [0, 0.05) is 13.7 Å². The Morgan fingerprint density at radius 1 is 1.33 bits per heavy atom. The van der Waals surface area contributed by atoms with Gasteiger partial charge in [0.15, 0.2) is 0 Å². The van der Waals surface area contributed by atoms with Crippen molar-refractivity contribution >= 4 is 5.69 Å². The van der Waals surface area contributed by atoms with Gasteiger partial charge in [0.2, 0.25) is 5.88 Å². The molecule has 0 aliphatic rings. The van der Waals surface area contributed by atoms with Crippen LogP contribution in [0.25, 0.3) is 0 Å². The minimum absolute atomic E-state index is 0.503. The van der Waals surface area contributed by atoms with E-state index in [1.165, 1.54) is 0 Å². The van der Waals surface area contributed by atoms with Gasteiger partial charge in [-0.2, -0.15) is 5.10 Å². The molecule has 15 heavy (non-hydrogen) atoms. The van der Waals surface area contributed by atoms with Crippen LogP contribution in [0.15, 0.2) is 0 Å². The zero-order chi connectivity index (χ0) is 11.3. The van der Waals surface area contributed by atoms with Crippen LogP contribution in [0.2, 0.25) is 0 Å². The first kappa shape index (κ1) is 11.8. The summed E-state index contributed by atoms with van der Waals surface area (Å²) in [6.07, 6.45) is 1.02. The van der Waals surface area contributed by atoms with Gasteiger partial charge in [-0.25, -0.2) is 4.68 Å². The average Bonchev–Trinajstić information content (AvgIpc) is 2.44. The van der Waals surface area contributed by atoms with Crippen molar-refractivity contribution < 1.29 is 9.47 Å². The van der Waals surface area contributed by atoms with Crippen LogP contribution in [-0.2, 0) is 11.8 Å². The van der Waals surface area contributed by atoms with E-state index in [0.29, 0.717) is 24.8 Å². The molecule has 1 rings (SSSR count). The lowest BCUT2D eigenvalue weighted by atomic mass is 10.4. The Morgan fingerprint density at radius 3 is 2.60 bits per heavy atom. The van der Waals surface area contributed by atoms with Gasteiger partial charge in [0.25, 0.3) is 0 Å². The van der Waals surface area contributed by atoms with Gasteiger partial charge < -0.3 is 15.2 Å². The third-order valence-corrected chi connectivity index (χ3v) is 2.03. The molecule has 1 aromatic rings. The van der Waals surface area contributed by atoms with Gasteiger partial charge in [-0.15, -0.1) is 0 Å². The number of nitrogen functional groups attached to an aromatic ring is 1. The maximum Gasteiger partial charge on any atom is 0.235 e. The van der Waals surface area contributed by atoms with Crippen LogP contribution in [0.3, 0.4) is 0 Å². The lowest BCUT2D eigenvalue weighted by Gasteiger charge is -2.07. The monoisotopic (exact) mass is 213 g/mol.